The second-order valence-electron chi connectivity index (χ2n) is 4.04. The van der Waals surface area contributed by atoms with Gasteiger partial charge in [-0.2, -0.15) is 5.10 Å². The van der Waals surface area contributed by atoms with Crippen LogP contribution in [0.3, 0.4) is 0 Å². The summed E-state index contributed by atoms with van der Waals surface area (Å²) >= 11 is 0. The molecule has 0 amide bonds. The quantitative estimate of drug-likeness (QED) is 0.710. The highest BCUT2D eigenvalue weighted by molar-refractivity contribution is 5.77. The fraction of sp³-hybridized carbons (Fsp3) is 0.417. The lowest BCUT2D eigenvalue weighted by Crippen LogP contribution is -2.21. The molecule has 0 N–H and O–H groups in total. The molecule has 78 valence electrons. The molecule has 1 fully saturated rings. The topological polar surface area (TPSA) is 27.1 Å². The maximum atomic E-state index is 5.47. The van der Waals surface area contributed by atoms with Gasteiger partial charge in [0.05, 0.1) is 18.2 Å². The molecular formula is C12H14N2O. The zero-order chi connectivity index (χ0) is 10.1. The van der Waals surface area contributed by atoms with Crippen LogP contribution in [-0.4, -0.2) is 23.0 Å². The number of hydrogen-bond acceptors (Lipinski definition) is 2. The van der Waals surface area contributed by atoms with E-state index in [2.05, 4.69) is 28.1 Å². The molecule has 1 atom stereocenters. The maximum absolute atomic E-state index is 5.47. The summed E-state index contributed by atoms with van der Waals surface area (Å²) in [6.45, 7) is 1.70. The van der Waals surface area contributed by atoms with Crippen molar-refractivity contribution in [3.05, 3.63) is 30.5 Å². The SMILES string of the molecule is c1ccc2nn(C3CCCOC3)cc2c1. The Morgan fingerprint density at radius 2 is 2.27 bits per heavy atom. The minimum atomic E-state index is 0.422. The third-order valence-corrected chi connectivity index (χ3v) is 2.94. The predicted molar refractivity (Wildman–Crippen MR) is 58.8 cm³/mol. The Bertz CT molecular complexity index is 424. The molecule has 1 saturated heterocycles. The first-order valence-corrected chi connectivity index (χ1v) is 5.45. The maximum Gasteiger partial charge on any atom is 0.0923 e. The molecule has 1 aromatic heterocycles. The van der Waals surface area contributed by atoms with E-state index in [4.69, 9.17) is 4.74 Å². The molecule has 1 aliphatic heterocycles. The molecule has 0 saturated carbocycles. The molecule has 3 rings (SSSR count). The minimum absolute atomic E-state index is 0.422. The molecular weight excluding hydrogens is 188 g/mol. The summed E-state index contributed by atoms with van der Waals surface area (Å²) in [5.41, 5.74) is 1.07. The predicted octanol–water partition coefficient (Wildman–Crippen LogP) is 2.39. The van der Waals surface area contributed by atoms with E-state index in [1.54, 1.807) is 0 Å². The van der Waals surface area contributed by atoms with Crippen LogP contribution in [0.25, 0.3) is 10.9 Å². The van der Waals surface area contributed by atoms with Gasteiger partial charge in [0.15, 0.2) is 0 Å². The molecule has 1 aromatic carbocycles. The number of ether oxygens (including phenoxy) is 1. The van der Waals surface area contributed by atoms with Crippen molar-refractivity contribution >= 4 is 10.9 Å². The summed E-state index contributed by atoms with van der Waals surface area (Å²) in [6, 6.07) is 8.65. The molecule has 0 aliphatic carbocycles. The first-order valence-electron chi connectivity index (χ1n) is 5.45. The Kier molecular flexibility index (Phi) is 2.18. The van der Waals surface area contributed by atoms with Crippen molar-refractivity contribution in [1.29, 1.82) is 0 Å². The van der Waals surface area contributed by atoms with Crippen LogP contribution in [0, 0.1) is 0 Å². The van der Waals surface area contributed by atoms with Gasteiger partial charge in [0, 0.05) is 18.2 Å². The smallest absolute Gasteiger partial charge is 0.0923 e. The minimum Gasteiger partial charge on any atom is -0.379 e. The Morgan fingerprint density at radius 3 is 3.07 bits per heavy atom. The van der Waals surface area contributed by atoms with E-state index in [0.29, 0.717) is 6.04 Å². The molecule has 1 unspecified atom stereocenters. The second-order valence-corrected chi connectivity index (χ2v) is 4.04. The largest absolute Gasteiger partial charge is 0.379 e. The zero-order valence-electron chi connectivity index (χ0n) is 8.60. The summed E-state index contributed by atoms with van der Waals surface area (Å²) in [5, 5.41) is 5.78. The van der Waals surface area contributed by atoms with Gasteiger partial charge in [-0.3, -0.25) is 4.68 Å². The van der Waals surface area contributed by atoms with Crippen molar-refractivity contribution in [3.8, 4) is 0 Å². The molecule has 0 spiro atoms. The normalized spacial score (nSPS) is 22.0. The molecule has 3 nitrogen and oxygen atoms in total. The van der Waals surface area contributed by atoms with Crippen LogP contribution >= 0.6 is 0 Å². The number of rotatable bonds is 1. The van der Waals surface area contributed by atoms with E-state index in [-0.39, 0.29) is 0 Å². The van der Waals surface area contributed by atoms with Gasteiger partial charge >= 0.3 is 0 Å². The highest BCUT2D eigenvalue weighted by Gasteiger charge is 2.16. The lowest BCUT2D eigenvalue weighted by Gasteiger charge is -2.22. The summed E-state index contributed by atoms with van der Waals surface area (Å²) < 4.78 is 7.53. The summed E-state index contributed by atoms with van der Waals surface area (Å²) in [4.78, 5) is 0. The molecule has 0 radical (unpaired) electrons. The lowest BCUT2D eigenvalue weighted by atomic mass is 10.1. The van der Waals surface area contributed by atoms with E-state index in [1.807, 2.05) is 12.1 Å². The monoisotopic (exact) mass is 202 g/mol. The fourth-order valence-corrected chi connectivity index (χ4v) is 2.10. The first-order chi connectivity index (χ1) is 7.43. The van der Waals surface area contributed by atoms with E-state index in [0.717, 1.165) is 25.2 Å². The number of hydrogen-bond donors (Lipinski definition) is 0. The number of benzene rings is 1. The lowest BCUT2D eigenvalue weighted by molar-refractivity contribution is 0.0552. The molecule has 1 aliphatic rings. The number of fused-ring (bicyclic) bond motifs is 1. The van der Waals surface area contributed by atoms with Crippen LogP contribution in [0.1, 0.15) is 18.9 Å². The standard InChI is InChI=1S/C12H14N2O/c1-2-6-12-10(4-1)8-14(13-12)11-5-3-7-15-9-11/h1-2,4,6,8,11H,3,5,7,9H2. The van der Waals surface area contributed by atoms with Crippen LogP contribution in [0.5, 0.6) is 0 Å². The van der Waals surface area contributed by atoms with Gasteiger partial charge in [0.2, 0.25) is 0 Å². The van der Waals surface area contributed by atoms with Crippen LogP contribution in [0.15, 0.2) is 30.5 Å². The van der Waals surface area contributed by atoms with Crippen molar-refractivity contribution < 1.29 is 4.74 Å². The molecule has 0 bridgehead atoms. The second kappa shape index (κ2) is 3.66. The number of nitrogens with zero attached hydrogens (tertiary/aromatic N) is 2. The Labute approximate surface area is 88.7 Å². The number of aromatic nitrogens is 2. The Balaban J connectivity index is 1.96. The van der Waals surface area contributed by atoms with Crippen molar-refractivity contribution in [2.45, 2.75) is 18.9 Å². The summed E-state index contributed by atoms with van der Waals surface area (Å²) in [5.74, 6) is 0. The average Bonchev–Trinajstić information content (AvgIpc) is 2.74. The van der Waals surface area contributed by atoms with Crippen molar-refractivity contribution in [2.24, 2.45) is 0 Å². The van der Waals surface area contributed by atoms with Gasteiger partial charge in [0.25, 0.3) is 0 Å². The Morgan fingerprint density at radius 1 is 1.33 bits per heavy atom. The third-order valence-electron chi connectivity index (χ3n) is 2.94. The summed E-state index contributed by atoms with van der Waals surface area (Å²) in [7, 11) is 0. The highest BCUT2D eigenvalue weighted by atomic mass is 16.5. The van der Waals surface area contributed by atoms with Crippen LogP contribution in [0.4, 0.5) is 0 Å². The van der Waals surface area contributed by atoms with Crippen LogP contribution in [-0.2, 0) is 4.74 Å². The molecule has 2 heterocycles. The third kappa shape index (κ3) is 1.63. The molecule has 15 heavy (non-hydrogen) atoms. The fourth-order valence-electron chi connectivity index (χ4n) is 2.10. The van der Waals surface area contributed by atoms with E-state index in [1.165, 1.54) is 11.8 Å². The van der Waals surface area contributed by atoms with E-state index >= 15 is 0 Å². The van der Waals surface area contributed by atoms with Gasteiger partial charge in [-0.15, -0.1) is 0 Å². The summed E-state index contributed by atoms with van der Waals surface area (Å²) in [6.07, 6.45) is 4.43. The van der Waals surface area contributed by atoms with E-state index < -0.39 is 0 Å². The Hall–Kier alpha value is -1.35. The van der Waals surface area contributed by atoms with Gasteiger partial charge in [0.1, 0.15) is 0 Å². The van der Waals surface area contributed by atoms with Gasteiger partial charge < -0.3 is 4.74 Å². The zero-order valence-corrected chi connectivity index (χ0v) is 8.60. The molecule has 3 heteroatoms. The van der Waals surface area contributed by atoms with Crippen LogP contribution < -0.4 is 0 Å². The first kappa shape index (κ1) is 8.92. The van der Waals surface area contributed by atoms with Crippen molar-refractivity contribution in [2.75, 3.05) is 13.2 Å². The van der Waals surface area contributed by atoms with Gasteiger partial charge in [-0.1, -0.05) is 18.2 Å². The molecule has 2 aromatic rings. The van der Waals surface area contributed by atoms with Gasteiger partial charge in [-0.05, 0) is 18.9 Å². The van der Waals surface area contributed by atoms with Crippen molar-refractivity contribution in [1.82, 2.24) is 9.78 Å². The average molecular weight is 202 g/mol. The van der Waals surface area contributed by atoms with Gasteiger partial charge in [-0.25, -0.2) is 0 Å². The highest BCUT2D eigenvalue weighted by Crippen LogP contribution is 2.21. The van der Waals surface area contributed by atoms with E-state index in [9.17, 15) is 0 Å². The van der Waals surface area contributed by atoms with Crippen LogP contribution in [0.2, 0.25) is 0 Å². The van der Waals surface area contributed by atoms with Crippen molar-refractivity contribution in [3.63, 3.8) is 0 Å².